The molecular formula is C16H24FN3S. The van der Waals surface area contributed by atoms with E-state index in [1.807, 2.05) is 0 Å². The molecule has 1 fully saturated rings. The lowest BCUT2D eigenvalue weighted by Crippen LogP contribution is -2.35. The summed E-state index contributed by atoms with van der Waals surface area (Å²) in [4.78, 5) is 4.94. The second kappa shape index (κ2) is 7.29. The predicted octanol–water partition coefficient (Wildman–Crippen LogP) is 2.23. The average molecular weight is 309 g/mol. The maximum Gasteiger partial charge on any atom is 0.123 e. The first-order chi connectivity index (χ1) is 9.95. The van der Waals surface area contributed by atoms with E-state index < -0.39 is 0 Å². The molecule has 116 valence electrons. The molecule has 0 aliphatic carbocycles. The van der Waals surface area contributed by atoms with Crippen molar-refractivity contribution in [1.29, 1.82) is 0 Å². The van der Waals surface area contributed by atoms with Gasteiger partial charge in [0, 0.05) is 18.7 Å². The Bertz CT molecular complexity index is 498. The van der Waals surface area contributed by atoms with E-state index >= 15 is 0 Å². The summed E-state index contributed by atoms with van der Waals surface area (Å²) < 4.78 is 13.5. The minimum Gasteiger partial charge on any atom is -0.389 e. The molecule has 0 unspecified atom stereocenters. The van der Waals surface area contributed by atoms with Crippen molar-refractivity contribution in [2.45, 2.75) is 19.4 Å². The van der Waals surface area contributed by atoms with Gasteiger partial charge in [-0.3, -0.25) is 0 Å². The zero-order valence-electron chi connectivity index (χ0n) is 12.8. The van der Waals surface area contributed by atoms with Gasteiger partial charge in [-0.25, -0.2) is 4.39 Å². The van der Waals surface area contributed by atoms with Crippen LogP contribution < -0.4 is 5.73 Å². The number of halogens is 1. The first-order valence-electron chi connectivity index (χ1n) is 7.41. The first kappa shape index (κ1) is 16.3. The largest absolute Gasteiger partial charge is 0.389 e. The Morgan fingerprint density at radius 2 is 2.10 bits per heavy atom. The van der Waals surface area contributed by atoms with E-state index in [0.29, 0.717) is 17.5 Å². The van der Waals surface area contributed by atoms with Crippen molar-refractivity contribution in [2.75, 3.05) is 33.7 Å². The van der Waals surface area contributed by atoms with Gasteiger partial charge in [0.2, 0.25) is 0 Å². The highest BCUT2D eigenvalue weighted by molar-refractivity contribution is 7.80. The molecule has 1 heterocycles. The molecule has 1 aliphatic heterocycles. The van der Waals surface area contributed by atoms with E-state index in [2.05, 4.69) is 23.9 Å². The molecule has 0 spiro atoms. The first-order valence-corrected chi connectivity index (χ1v) is 7.82. The molecule has 3 nitrogen and oxygen atoms in total. The normalized spacial score (nSPS) is 17.3. The third-order valence-corrected chi connectivity index (χ3v) is 4.40. The van der Waals surface area contributed by atoms with E-state index in [1.54, 1.807) is 12.1 Å². The molecule has 0 bridgehead atoms. The smallest absolute Gasteiger partial charge is 0.123 e. The molecular weight excluding hydrogens is 285 g/mol. The van der Waals surface area contributed by atoms with E-state index in [1.165, 1.54) is 18.9 Å². The lowest BCUT2D eigenvalue weighted by molar-refractivity contribution is 0.173. The number of piperidine rings is 1. The van der Waals surface area contributed by atoms with Crippen LogP contribution in [0, 0.1) is 11.7 Å². The third kappa shape index (κ3) is 4.73. The van der Waals surface area contributed by atoms with Crippen molar-refractivity contribution in [3.63, 3.8) is 0 Å². The molecule has 1 aliphatic rings. The van der Waals surface area contributed by atoms with Crippen LogP contribution in [-0.4, -0.2) is 48.5 Å². The predicted molar refractivity (Wildman–Crippen MR) is 88.8 cm³/mol. The number of nitrogens with zero attached hydrogens (tertiary/aromatic N) is 2. The number of nitrogens with two attached hydrogens (primary N) is 1. The lowest BCUT2D eigenvalue weighted by Gasteiger charge is -2.31. The van der Waals surface area contributed by atoms with Crippen molar-refractivity contribution < 1.29 is 4.39 Å². The highest BCUT2D eigenvalue weighted by Gasteiger charge is 2.19. The van der Waals surface area contributed by atoms with E-state index in [9.17, 15) is 4.39 Å². The fourth-order valence-electron chi connectivity index (χ4n) is 2.97. The zero-order chi connectivity index (χ0) is 15.4. The van der Waals surface area contributed by atoms with Gasteiger partial charge in [0.25, 0.3) is 0 Å². The van der Waals surface area contributed by atoms with Gasteiger partial charge in [-0.05, 0) is 69.7 Å². The van der Waals surface area contributed by atoms with Crippen molar-refractivity contribution in [3.05, 3.63) is 35.1 Å². The summed E-state index contributed by atoms with van der Waals surface area (Å²) in [6, 6.07) is 4.63. The van der Waals surface area contributed by atoms with Crippen LogP contribution in [0.3, 0.4) is 0 Å². The van der Waals surface area contributed by atoms with Crippen molar-refractivity contribution in [2.24, 2.45) is 11.7 Å². The van der Waals surface area contributed by atoms with Crippen LogP contribution in [0.15, 0.2) is 18.2 Å². The number of hydrogen-bond donors (Lipinski definition) is 1. The monoisotopic (exact) mass is 309 g/mol. The molecule has 1 aromatic rings. The Hall–Kier alpha value is -1.04. The number of thiocarbonyl (C=S) groups is 1. The Balaban J connectivity index is 1.97. The maximum atomic E-state index is 13.5. The standard InChI is InChI=1S/C16H24FN3S/c1-19-7-5-12(6-8-19)10-20(2)11-13-9-14(17)3-4-15(13)16(18)21/h3-4,9,12H,5-8,10-11H2,1-2H3,(H2,18,21). The minimum atomic E-state index is -0.238. The van der Waals surface area contributed by atoms with Gasteiger partial charge in [-0.2, -0.15) is 0 Å². The number of rotatable bonds is 5. The summed E-state index contributed by atoms with van der Waals surface area (Å²) in [7, 11) is 4.24. The molecule has 0 saturated carbocycles. The third-order valence-electron chi connectivity index (χ3n) is 4.18. The molecule has 0 atom stereocenters. The van der Waals surface area contributed by atoms with Crippen molar-refractivity contribution >= 4 is 17.2 Å². The summed E-state index contributed by atoms with van der Waals surface area (Å²) in [5.41, 5.74) is 7.38. The summed E-state index contributed by atoms with van der Waals surface area (Å²) in [6.07, 6.45) is 2.46. The molecule has 2 N–H and O–H groups in total. The number of hydrogen-bond acceptors (Lipinski definition) is 3. The second-order valence-electron chi connectivity index (χ2n) is 6.11. The van der Waals surface area contributed by atoms with Gasteiger partial charge >= 0.3 is 0 Å². The fraction of sp³-hybridized carbons (Fsp3) is 0.562. The highest BCUT2D eigenvalue weighted by atomic mass is 32.1. The average Bonchev–Trinajstić information content (AvgIpc) is 2.41. The van der Waals surface area contributed by atoms with E-state index in [0.717, 1.165) is 30.8 Å². The number of likely N-dealkylation sites (tertiary alicyclic amines) is 1. The van der Waals surface area contributed by atoms with Crippen molar-refractivity contribution in [3.8, 4) is 0 Å². The van der Waals surface area contributed by atoms with Gasteiger partial charge < -0.3 is 15.5 Å². The second-order valence-corrected chi connectivity index (χ2v) is 6.55. The zero-order valence-corrected chi connectivity index (χ0v) is 13.6. The topological polar surface area (TPSA) is 32.5 Å². The fourth-order valence-corrected chi connectivity index (χ4v) is 3.17. The Morgan fingerprint density at radius 3 is 2.71 bits per heavy atom. The van der Waals surface area contributed by atoms with Crippen molar-refractivity contribution in [1.82, 2.24) is 9.80 Å². The van der Waals surface area contributed by atoms with Crippen LogP contribution in [0.4, 0.5) is 4.39 Å². The van der Waals surface area contributed by atoms with Gasteiger partial charge in [0.1, 0.15) is 10.8 Å². The number of benzene rings is 1. The van der Waals surface area contributed by atoms with Gasteiger partial charge in [0.05, 0.1) is 0 Å². The molecule has 2 rings (SSSR count). The van der Waals surface area contributed by atoms with Crippen LogP contribution >= 0.6 is 12.2 Å². The molecule has 1 aromatic carbocycles. The van der Waals surface area contributed by atoms with Crippen LogP contribution in [0.5, 0.6) is 0 Å². The minimum absolute atomic E-state index is 0.238. The Kier molecular flexibility index (Phi) is 5.67. The Labute approximate surface area is 131 Å². The quantitative estimate of drug-likeness (QED) is 0.846. The molecule has 0 aromatic heterocycles. The van der Waals surface area contributed by atoms with Gasteiger partial charge in [-0.1, -0.05) is 12.2 Å². The van der Waals surface area contributed by atoms with E-state index in [-0.39, 0.29) is 5.82 Å². The molecule has 0 amide bonds. The maximum absolute atomic E-state index is 13.5. The summed E-state index contributed by atoms with van der Waals surface area (Å²) >= 11 is 5.05. The van der Waals surface area contributed by atoms with Crippen LogP contribution in [0.2, 0.25) is 0 Å². The summed E-state index contributed by atoms with van der Waals surface area (Å²) in [6.45, 7) is 4.03. The molecule has 5 heteroatoms. The highest BCUT2D eigenvalue weighted by Crippen LogP contribution is 2.19. The molecule has 21 heavy (non-hydrogen) atoms. The van der Waals surface area contributed by atoms with Gasteiger partial charge in [0.15, 0.2) is 0 Å². The van der Waals surface area contributed by atoms with Gasteiger partial charge in [-0.15, -0.1) is 0 Å². The summed E-state index contributed by atoms with van der Waals surface area (Å²) in [5.74, 6) is 0.478. The summed E-state index contributed by atoms with van der Waals surface area (Å²) in [5, 5.41) is 0. The molecule has 1 saturated heterocycles. The van der Waals surface area contributed by atoms with Crippen LogP contribution in [0.1, 0.15) is 24.0 Å². The van der Waals surface area contributed by atoms with Crippen LogP contribution in [-0.2, 0) is 6.54 Å². The SMILES string of the molecule is CN1CCC(CN(C)Cc2cc(F)ccc2C(N)=S)CC1. The molecule has 0 radical (unpaired) electrons. The van der Waals surface area contributed by atoms with Crippen LogP contribution in [0.25, 0.3) is 0 Å². The lowest BCUT2D eigenvalue weighted by atomic mass is 9.96. The van der Waals surface area contributed by atoms with E-state index in [4.69, 9.17) is 18.0 Å². The Morgan fingerprint density at radius 1 is 1.43 bits per heavy atom.